The maximum Gasteiger partial charge on any atom is 0.345 e. The lowest BCUT2D eigenvalue weighted by atomic mass is 10.4. The third-order valence-corrected chi connectivity index (χ3v) is 1.38. The van der Waals surface area contributed by atoms with Crippen LogP contribution in [0.5, 0.6) is 0 Å². The Hall–Kier alpha value is -1.65. The van der Waals surface area contributed by atoms with E-state index in [0.29, 0.717) is 5.82 Å². The molecule has 0 rings (SSSR count). The summed E-state index contributed by atoms with van der Waals surface area (Å²) in [6.45, 7) is 4.79. The van der Waals surface area contributed by atoms with Gasteiger partial charge in [0.2, 0.25) is 0 Å². The summed E-state index contributed by atoms with van der Waals surface area (Å²) in [6.07, 6.45) is 2.45. The first kappa shape index (κ1) is 12.3. The zero-order valence-corrected chi connectivity index (χ0v) is 8.25. The van der Waals surface area contributed by atoms with Gasteiger partial charge in [0.25, 0.3) is 5.82 Å². The van der Waals surface area contributed by atoms with Crippen molar-refractivity contribution in [2.24, 2.45) is 0 Å². The average Bonchev–Trinajstić information content (AvgIpc) is 2.10. The van der Waals surface area contributed by atoms with E-state index < -0.39 is 11.8 Å². The number of aliphatic carboxylic acids is 1. The molecule has 0 aliphatic carbocycles. The number of allylic oxidation sites excluding steroid dienone is 3. The quantitative estimate of drug-likeness (QED) is 0.391. The fourth-order valence-electron chi connectivity index (χ4n) is 0.676. The van der Waals surface area contributed by atoms with Crippen molar-refractivity contribution in [1.82, 2.24) is 5.32 Å². The van der Waals surface area contributed by atoms with Crippen LogP contribution in [0.15, 0.2) is 23.8 Å². The Morgan fingerprint density at radius 1 is 1.71 bits per heavy atom. The summed E-state index contributed by atoms with van der Waals surface area (Å²) in [5, 5.41) is 10.9. The Balaban J connectivity index is 4.53. The van der Waals surface area contributed by atoms with Crippen LogP contribution >= 0.6 is 0 Å². The summed E-state index contributed by atoms with van der Waals surface area (Å²) in [7, 11) is 1.59. The van der Waals surface area contributed by atoms with Gasteiger partial charge in [0, 0.05) is 0 Å². The number of carbonyl (C=O) groups is 1. The van der Waals surface area contributed by atoms with Gasteiger partial charge in [-0.05, 0) is 6.92 Å². The summed E-state index contributed by atoms with van der Waals surface area (Å²) in [6, 6.07) is 0. The van der Waals surface area contributed by atoms with Crippen molar-refractivity contribution >= 4 is 12.7 Å². The van der Waals surface area contributed by atoms with E-state index in [1.165, 1.54) is 16.7 Å². The lowest BCUT2D eigenvalue weighted by Gasteiger charge is -2.01. The minimum Gasteiger partial charge on any atom is -0.478 e. The topological polar surface area (TPSA) is 52.3 Å². The van der Waals surface area contributed by atoms with Crippen LogP contribution < -0.4 is 5.32 Å². The first-order valence-electron chi connectivity index (χ1n) is 4.00. The van der Waals surface area contributed by atoms with Gasteiger partial charge in [0.1, 0.15) is 5.83 Å². The standard InChI is InChI=1S/C9H13FN2O2/c1-4-7(10)5-8(12(2)3)11-6-9(13)14/h4-5,11H,2,6H2,1,3H3/p+1. The number of hydrogen-bond acceptors (Lipinski definition) is 2. The number of nitrogens with one attached hydrogen (secondary N) is 1. The van der Waals surface area contributed by atoms with Crippen LogP contribution in [0, 0.1) is 0 Å². The summed E-state index contributed by atoms with van der Waals surface area (Å²) < 4.78 is 14.2. The third-order valence-electron chi connectivity index (χ3n) is 1.38. The van der Waals surface area contributed by atoms with Gasteiger partial charge in [-0.15, -0.1) is 0 Å². The minimum absolute atomic E-state index is 0.275. The van der Waals surface area contributed by atoms with E-state index in [0.717, 1.165) is 0 Å². The third kappa shape index (κ3) is 5.08. The Labute approximate surface area is 82.1 Å². The van der Waals surface area contributed by atoms with E-state index in [1.807, 2.05) is 0 Å². The Morgan fingerprint density at radius 2 is 2.29 bits per heavy atom. The smallest absolute Gasteiger partial charge is 0.345 e. The van der Waals surface area contributed by atoms with Gasteiger partial charge >= 0.3 is 5.97 Å². The monoisotopic (exact) mass is 201 g/mol. The summed E-state index contributed by atoms with van der Waals surface area (Å²) in [5.41, 5.74) is 0. The molecule has 0 aromatic carbocycles. The van der Waals surface area contributed by atoms with Crippen molar-refractivity contribution in [3.8, 4) is 0 Å². The average molecular weight is 201 g/mol. The zero-order valence-electron chi connectivity index (χ0n) is 8.25. The Kier molecular flexibility index (Phi) is 5.21. The number of carboxylic acid groups (broad SMARTS) is 1. The molecule has 78 valence electrons. The van der Waals surface area contributed by atoms with Crippen molar-refractivity contribution < 1.29 is 18.9 Å². The second kappa shape index (κ2) is 5.90. The molecule has 0 aromatic heterocycles. The number of halogens is 1. The molecular formula is C9H14FN2O2+. The largest absolute Gasteiger partial charge is 0.478 e. The molecule has 0 radical (unpaired) electrons. The van der Waals surface area contributed by atoms with Crippen molar-refractivity contribution in [3.63, 3.8) is 0 Å². The Morgan fingerprint density at radius 3 is 2.64 bits per heavy atom. The van der Waals surface area contributed by atoms with Gasteiger partial charge in [0.15, 0.2) is 6.54 Å². The van der Waals surface area contributed by atoms with Crippen molar-refractivity contribution in [3.05, 3.63) is 23.8 Å². The molecule has 0 atom stereocenters. The van der Waals surface area contributed by atoms with E-state index in [4.69, 9.17) is 5.11 Å². The molecule has 0 aliphatic heterocycles. The number of hydrogen-bond donors (Lipinski definition) is 2. The predicted octanol–water partition coefficient (Wildman–Crippen LogP) is 0.718. The van der Waals surface area contributed by atoms with Crippen LogP contribution in [0.2, 0.25) is 0 Å². The second-order valence-electron chi connectivity index (χ2n) is 2.65. The molecule has 0 bridgehead atoms. The number of rotatable bonds is 5. The van der Waals surface area contributed by atoms with E-state index in [9.17, 15) is 9.18 Å². The first-order chi connectivity index (χ1) is 6.47. The minimum atomic E-state index is -1.02. The van der Waals surface area contributed by atoms with Crippen molar-refractivity contribution in [2.75, 3.05) is 13.6 Å². The van der Waals surface area contributed by atoms with Crippen molar-refractivity contribution in [1.29, 1.82) is 0 Å². The fourth-order valence-corrected chi connectivity index (χ4v) is 0.676. The van der Waals surface area contributed by atoms with E-state index >= 15 is 0 Å². The molecule has 0 saturated heterocycles. The van der Waals surface area contributed by atoms with Gasteiger partial charge in [-0.1, -0.05) is 6.08 Å². The van der Waals surface area contributed by atoms with E-state index in [-0.39, 0.29) is 6.54 Å². The highest BCUT2D eigenvalue weighted by Crippen LogP contribution is 2.01. The molecule has 2 N–H and O–H groups in total. The molecule has 0 heterocycles. The summed E-state index contributed by atoms with van der Waals surface area (Å²) in [5.74, 6) is -1.16. The molecule has 0 amide bonds. The lowest BCUT2D eigenvalue weighted by molar-refractivity contribution is -0.440. The second-order valence-corrected chi connectivity index (χ2v) is 2.65. The number of carboxylic acids is 1. The van der Waals surface area contributed by atoms with Gasteiger partial charge in [0.05, 0.1) is 19.8 Å². The first-order valence-corrected chi connectivity index (χ1v) is 4.00. The summed E-state index contributed by atoms with van der Waals surface area (Å²) >= 11 is 0. The predicted molar refractivity (Wildman–Crippen MR) is 51.9 cm³/mol. The van der Waals surface area contributed by atoms with Crippen LogP contribution in [0.25, 0.3) is 0 Å². The van der Waals surface area contributed by atoms with E-state index in [1.54, 1.807) is 14.0 Å². The maximum absolute atomic E-state index is 12.8. The van der Waals surface area contributed by atoms with Gasteiger partial charge in [-0.25, -0.2) is 13.8 Å². The highest BCUT2D eigenvalue weighted by molar-refractivity contribution is 5.69. The van der Waals surface area contributed by atoms with Crippen molar-refractivity contribution in [2.45, 2.75) is 6.92 Å². The van der Waals surface area contributed by atoms with Crippen LogP contribution in [-0.2, 0) is 4.79 Å². The molecule has 0 unspecified atom stereocenters. The number of nitrogens with zero attached hydrogens (tertiary/aromatic N) is 1. The zero-order chi connectivity index (χ0) is 11.1. The summed E-state index contributed by atoms with van der Waals surface area (Å²) in [4.78, 5) is 10.2. The molecule has 0 saturated carbocycles. The highest BCUT2D eigenvalue weighted by atomic mass is 19.1. The van der Waals surface area contributed by atoms with Crippen LogP contribution in [0.4, 0.5) is 4.39 Å². The lowest BCUT2D eigenvalue weighted by Crippen LogP contribution is -2.26. The molecule has 0 spiro atoms. The molecule has 4 nitrogen and oxygen atoms in total. The SMILES string of the molecule is C=[N+](C)C(=CC(F)=CC)NCC(=O)O. The van der Waals surface area contributed by atoms with Crippen LogP contribution in [0.1, 0.15) is 6.92 Å². The molecule has 14 heavy (non-hydrogen) atoms. The molecule has 0 aliphatic rings. The molecule has 0 fully saturated rings. The van der Waals surface area contributed by atoms with Crippen LogP contribution in [-0.4, -0.2) is 36.0 Å². The fraction of sp³-hybridized carbons (Fsp3) is 0.333. The van der Waals surface area contributed by atoms with Gasteiger partial charge < -0.3 is 5.11 Å². The molecular weight excluding hydrogens is 187 g/mol. The molecule has 5 heteroatoms. The molecule has 0 aromatic rings. The Bertz CT molecular complexity index is 295. The van der Waals surface area contributed by atoms with Crippen LogP contribution in [0.3, 0.4) is 0 Å². The maximum atomic E-state index is 12.8. The van der Waals surface area contributed by atoms with Gasteiger partial charge in [-0.3, -0.25) is 5.32 Å². The highest BCUT2D eigenvalue weighted by Gasteiger charge is 2.08. The van der Waals surface area contributed by atoms with Gasteiger partial charge in [-0.2, -0.15) is 0 Å². The van der Waals surface area contributed by atoms with E-state index in [2.05, 4.69) is 12.0 Å². The normalized spacial score (nSPS) is 12.5.